The molecule has 2 aromatic carbocycles. The predicted octanol–water partition coefficient (Wildman–Crippen LogP) is 5.05. The number of aldehydes is 1. The fourth-order valence-corrected chi connectivity index (χ4v) is 4.55. The molecule has 0 aliphatic carbocycles. The van der Waals surface area contributed by atoms with Gasteiger partial charge in [0, 0.05) is 17.8 Å². The Morgan fingerprint density at radius 2 is 1.81 bits per heavy atom. The van der Waals surface area contributed by atoms with Crippen molar-refractivity contribution in [3.63, 3.8) is 0 Å². The molecule has 6 heteroatoms. The minimum atomic E-state index is -0.577. The van der Waals surface area contributed by atoms with Crippen LogP contribution in [0.3, 0.4) is 0 Å². The van der Waals surface area contributed by atoms with Crippen molar-refractivity contribution in [2.24, 2.45) is 0 Å². The number of amides is 1. The van der Waals surface area contributed by atoms with Crippen LogP contribution in [0.1, 0.15) is 36.7 Å². The Morgan fingerprint density at radius 1 is 1.10 bits per heavy atom. The number of hydrogen-bond donors (Lipinski definition) is 1. The molecule has 0 unspecified atom stereocenters. The third-order valence-corrected chi connectivity index (χ3v) is 5.99. The summed E-state index contributed by atoms with van der Waals surface area (Å²) in [5.74, 6) is 0. The van der Waals surface area contributed by atoms with Gasteiger partial charge in [0.1, 0.15) is 18.7 Å². The molecule has 1 N–H and O–H groups in total. The lowest BCUT2D eigenvalue weighted by atomic mass is 10.0. The Labute approximate surface area is 183 Å². The summed E-state index contributed by atoms with van der Waals surface area (Å²) in [6.07, 6.45) is 2.58. The number of aromatic nitrogens is 1. The number of para-hydroxylation sites is 1. The van der Waals surface area contributed by atoms with Crippen molar-refractivity contribution in [3.05, 3.63) is 59.8 Å². The molecular formula is C25H30N3O3+. The standard InChI is InChI=1S/C25H30N3O3/c1-18-7-5-8-19(17-29)23(18)27-13-15-28(16-14-27,24(30)31-25(2,3)4)22-10-6-9-21-20(22)11-12-26-21/h5-12,17,26H,13-16H2,1-4H3/q+1. The summed E-state index contributed by atoms with van der Waals surface area (Å²) < 4.78 is 6.05. The Balaban J connectivity index is 1.74. The number of aromatic amines is 1. The van der Waals surface area contributed by atoms with Crippen molar-refractivity contribution >= 4 is 34.7 Å². The Hall–Kier alpha value is -3.12. The first-order valence-electron chi connectivity index (χ1n) is 10.7. The summed E-state index contributed by atoms with van der Waals surface area (Å²) in [5, 5.41) is 1.03. The molecule has 3 aromatic rings. The van der Waals surface area contributed by atoms with Crippen molar-refractivity contribution < 1.29 is 14.3 Å². The van der Waals surface area contributed by atoms with E-state index in [2.05, 4.69) is 9.88 Å². The van der Waals surface area contributed by atoms with Crippen molar-refractivity contribution in [2.45, 2.75) is 33.3 Å². The number of quaternary nitrogens is 1. The average Bonchev–Trinajstić information content (AvgIpc) is 3.21. The Bertz CT molecular complexity index is 1120. The summed E-state index contributed by atoms with van der Waals surface area (Å²) in [6.45, 7) is 10.1. The van der Waals surface area contributed by atoms with Crippen LogP contribution < -0.4 is 9.38 Å². The third-order valence-electron chi connectivity index (χ3n) is 5.99. The summed E-state index contributed by atoms with van der Waals surface area (Å²) in [4.78, 5) is 30.7. The number of rotatable bonds is 3. The molecule has 1 aliphatic rings. The Morgan fingerprint density at radius 3 is 2.48 bits per heavy atom. The second kappa shape index (κ2) is 7.85. The van der Waals surface area contributed by atoms with E-state index in [1.165, 1.54) is 0 Å². The predicted molar refractivity (Wildman–Crippen MR) is 125 cm³/mol. The van der Waals surface area contributed by atoms with Gasteiger partial charge in [0.15, 0.2) is 12.0 Å². The number of benzene rings is 2. The van der Waals surface area contributed by atoms with Crippen LogP contribution >= 0.6 is 0 Å². The van der Waals surface area contributed by atoms with Crippen LogP contribution in [0.5, 0.6) is 0 Å². The largest absolute Gasteiger partial charge is 0.521 e. The number of nitrogens with one attached hydrogen (secondary N) is 1. The zero-order chi connectivity index (χ0) is 22.2. The van der Waals surface area contributed by atoms with E-state index in [-0.39, 0.29) is 10.6 Å². The molecule has 2 heterocycles. The minimum absolute atomic E-state index is 0.130. The van der Waals surface area contributed by atoms with E-state index in [4.69, 9.17) is 4.74 Å². The summed E-state index contributed by atoms with van der Waals surface area (Å²) in [6, 6.07) is 13.8. The average molecular weight is 421 g/mol. The molecule has 1 fully saturated rings. The fraction of sp³-hybridized carbons (Fsp3) is 0.360. The molecule has 0 spiro atoms. The van der Waals surface area contributed by atoms with Gasteiger partial charge in [0.25, 0.3) is 0 Å². The number of carbonyl (C=O) groups is 2. The lowest BCUT2D eigenvalue weighted by Crippen LogP contribution is -2.65. The second-order valence-electron chi connectivity index (χ2n) is 9.23. The first kappa shape index (κ1) is 21.1. The van der Waals surface area contributed by atoms with Gasteiger partial charge in [-0.3, -0.25) is 4.79 Å². The normalized spacial score (nSPS) is 16.3. The van der Waals surface area contributed by atoms with Gasteiger partial charge in [0.05, 0.1) is 29.7 Å². The summed E-state index contributed by atoms with van der Waals surface area (Å²) in [7, 11) is 0. The molecule has 1 saturated heterocycles. The lowest BCUT2D eigenvalue weighted by molar-refractivity contribution is 0.0254. The van der Waals surface area contributed by atoms with Gasteiger partial charge in [-0.15, -0.1) is 0 Å². The molecule has 0 radical (unpaired) electrons. The van der Waals surface area contributed by atoms with Gasteiger partial charge in [-0.1, -0.05) is 18.2 Å². The van der Waals surface area contributed by atoms with Crippen LogP contribution in [0, 0.1) is 6.92 Å². The van der Waals surface area contributed by atoms with E-state index in [1.807, 2.05) is 76.4 Å². The SMILES string of the molecule is Cc1cccc(C=O)c1N1CC[N+](C(=O)OC(C)(C)C)(c2cccc3[nH]ccc23)CC1. The molecule has 4 rings (SSSR count). The molecule has 0 bridgehead atoms. The van der Waals surface area contributed by atoms with E-state index >= 15 is 0 Å². The highest BCUT2D eigenvalue weighted by Crippen LogP contribution is 2.36. The fourth-order valence-electron chi connectivity index (χ4n) is 4.55. The van der Waals surface area contributed by atoms with Gasteiger partial charge in [-0.2, -0.15) is 9.28 Å². The molecule has 162 valence electrons. The molecule has 0 atom stereocenters. The van der Waals surface area contributed by atoms with Crippen LogP contribution in [0.15, 0.2) is 48.7 Å². The van der Waals surface area contributed by atoms with Gasteiger partial charge in [0.2, 0.25) is 0 Å². The molecule has 1 aliphatic heterocycles. The van der Waals surface area contributed by atoms with E-state index in [1.54, 1.807) is 0 Å². The zero-order valence-corrected chi connectivity index (χ0v) is 18.6. The number of anilines is 1. The second-order valence-corrected chi connectivity index (χ2v) is 9.23. The highest BCUT2D eigenvalue weighted by Gasteiger charge is 2.47. The monoisotopic (exact) mass is 420 g/mol. The molecule has 6 nitrogen and oxygen atoms in total. The first-order valence-corrected chi connectivity index (χ1v) is 10.7. The number of nitrogens with zero attached hydrogens (tertiary/aromatic N) is 2. The van der Waals surface area contributed by atoms with E-state index in [0.717, 1.165) is 34.1 Å². The van der Waals surface area contributed by atoms with Crippen LogP contribution in [-0.2, 0) is 4.74 Å². The smallest absolute Gasteiger partial charge is 0.414 e. The minimum Gasteiger partial charge on any atom is -0.414 e. The van der Waals surface area contributed by atoms with E-state index in [0.29, 0.717) is 31.7 Å². The number of hydrogen-bond acceptors (Lipinski definition) is 4. The molecule has 31 heavy (non-hydrogen) atoms. The highest BCUT2D eigenvalue weighted by atomic mass is 16.6. The number of fused-ring (bicyclic) bond motifs is 1. The Kier molecular flexibility index (Phi) is 5.35. The maximum atomic E-state index is 13.6. The van der Waals surface area contributed by atoms with Crippen molar-refractivity contribution in [2.75, 3.05) is 31.1 Å². The molecule has 1 amide bonds. The maximum Gasteiger partial charge on any atom is 0.521 e. The number of ether oxygens (including phenoxy) is 1. The van der Waals surface area contributed by atoms with Crippen LogP contribution in [0.25, 0.3) is 10.9 Å². The van der Waals surface area contributed by atoms with Gasteiger partial charge in [-0.25, -0.2) is 0 Å². The summed E-state index contributed by atoms with van der Waals surface area (Å²) in [5.41, 5.74) is 4.08. The number of H-pyrrole nitrogens is 1. The van der Waals surface area contributed by atoms with Gasteiger partial charge < -0.3 is 14.6 Å². The lowest BCUT2D eigenvalue weighted by Gasteiger charge is -2.43. The topological polar surface area (TPSA) is 62.4 Å². The summed E-state index contributed by atoms with van der Waals surface area (Å²) >= 11 is 0. The molecular weight excluding hydrogens is 390 g/mol. The maximum absolute atomic E-state index is 13.6. The zero-order valence-electron chi connectivity index (χ0n) is 18.6. The molecule has 0 saturated carbocycles. The number of piperazine rings is 1. The quantitative estimate of drug-likeness (QED) is 0.476. The van der Waals surface area contributed by atoms with Crippen molar-refractivity contribution in [3.8, 4) is 0 Å². The van der Waals surface area contributed by atoms with E-state index < -0.39 is 5.60 Å². The van der Waals surface area contributed by atoms with Crippen molar-refractivity contribution in [1.82, 2.24) is 9.47 Å². The van der Waals surface area contributed by atoms with Crippen LogP contribution in [-0.4, -0.2) is 49.1 Å². The first-order chi connectivity index (χ1) is 14.7. The van der Waals surface area contributed by atoms with Crippen LogP contribution in [0.2, 0.25) is 0 Å². The number of aryl methyl sites for hydroxylation is 1. The van der Waals surface area contributed by atoms with Gasteiger partial charge in [-0.05, 0) is 51.5 Å². The van der Waals surface area contributed by atoms with Crippen LogP contribution in [0.4, 0.5) is 16.2 Å². The highest BCUT2D eigenvalue weighted by molar-refractivity contribution is 5.98. The molecule has 1 aromatic heterocycles. The van der Waals surface area contributed by atoms with Crippen molar-refractivity contribution in [1.29, 1.82) is 0 Å². The van der Waals surface area contributed by atoms with E-state index in [9.17, 15) is 9.59 Å². The van der Waals surface area contributed by atoms with Gasteiger partial charge >= 0.3 is 6.09 Å². The third kappa shape index (κ3) is 3.83. The number of carbonyl (C=O) groups excluding carboxylic acids is 2.